The highest BCUT2D eigenvalue weighted by molar-refractivity contribution is 5.89. The summed E-state index contributed by atoms with van der Waals surface area (Å²) in [6.07, 6.45) is 2.11. The molecule has 15 heavy (non-hydrogen) atoms. The highest BCUT2D eigenvalue weighted by Crippen LogP contribution is 2.05. The van der Waals surface area contributed by atoms with Crippen LogP contribution in [-0.4, -0.2) is 37.6 Å². The van der Waals surface area contributed by atoms with Crippen LogP contribution in [0.15, 0.2) is 0 Å². The van der Waals surface area contributed by atoms with Crippen molar-refractivity contribution in [2.24, 2.45) is 0 Å². The summed E-state index contributed by atoms with van der Waals surface area (Å²) in [4.78, 5) is 23.0. The average molecular weight is 214 g/mol. The van der Waals surface area contributed by atoms with E-state index in [2.05, 4.69) is 10.6 Å². The van der Waals surface area contributed by atoms with E-state index < -0.39 is 12.1 Å². The molecule has 0 aromatic rings. The molecule has 1 heterocycles. The molecule has 2 atom stereocenters. The van der Waals surface area contributed by atoms with Gasteiger partial charge in [-0.05, 0) is 26.2 Å². The fourth-order valence-electron chi connectivity index (χ4n) is 1.47. The number of ether oxygens (including phenoxy) is 1. The van der Waals surface area contributed by atoms with E-state index in [1.807, 2.05) is 0 Å². The van der Waals surface area contributed by atoms with Gasteiger partial charge in [-0.15, -0.1) is 0 Å². The Bertz CT molecular complexity index is 243. The predicted molar refractivity (Wildman–Crippen MR) is 55.3 cm³/mol. The van der Waals surface area contributed by atoms with Crippen molar-refractivity contribution in [3.63, 3.8) is 0 Å². The number of amides is 2. The van der Waals surface area contributed by atoms with Crippen LogP contribution in [0.1, 0.15) is 26.2 Å². The topological polar surface area (TPSA) is 67.4 Å². The SMILES string of the molecule is COC(C)C(=O)NC1CCCCNC1=O. The van der Waals surface area contributed by atoms with Crippen molar-refractivity contribution in [3.8, 4) is 0 Å². The minimum atomic E-state index is -0.513. The van der Waals surface area contributed by atoms with Crippen LogP contribution in [0.5, 0.6) is 0 Å². The first-order valence-corrected chi connectivity index (χ1v) is 5.26. The van der Waals surface area contributed by atoms with Gasteiger partial charge >= 0.3 is 0 Å². The van der Waals surface area contributed by atoms with Crippen molar-refractivity contribution in [3.05, 3.63) is 0 Å². The highest BCUT2D eigenvalue weighted by Gasteiger charge is 2.24. The third kappa shape index (κ3) is 3.51. The molecule has 0 bridgehead atoms. The number of rotatable bonds is 3. The maximum atomic E-state index is 11.5. The molecule has 1 saturated heterocycles. The molecular weight excluding hydrogens is 196 g/mol. The van der Waals surface area contributed by atoms with Crippen LogP contribution < -0.4 is 10.6 Å². The van der Waals surface area contributed by atoms with Gasteiger partial charge in [-0.25, -0.2) is 0 Å². The van der Waals surface area contributed by atoms with E-state index in [1.165, 1.54) is 7.11 Å². The van der Waals surface area contributed by atoms with E-state index >= 15 is 0 Å². The van der Waals surface area contributed by atoms with Crippen molar-refractivity contribution < 1.29 is 14.3 Å². The molecule has 5 nitrogen and oxygen atoms in total. The second-order valence-electron chi connectivity index (χ2n) is 3.73. The highest BCUT2D eigenvalue weighted by atomic mass is 16.5. The third-order valence-corrected chi connectivity index (χ3v) is 2.57. The molecule has 0 saturated carbocycles. The van der Waals surface area contributed by atoms with Gasteiger partial charge in [0, 0.05) is 13.7 Å². The molecule has 2 unspecified atom stereocenters. The molecular formula is C10H18N2O3. The van der Waals surface area contributed by atoms with E-state index in [0.717, 1.165) is 12.8 Å². The lowest BCUT2D eigenvalue weighted by molar-refractivity contribution is -0.134. The molecule has 0 aromatic heterocycles. The zero-order chi connectivity index (χ0) is 11.3. The standard InChI is InChI=1S/C10H18N2O3/c1-7(15-2)9(13)12-8-5-3-4-6-11-10(8)14/h7-8H,3-6H2,1-2H3,(H,11,14)(H,12,13). The second-order valence-corrected chi connectivity index (χ2v) is 3.73. The van der Waals surface area contributed by atoms with E-state index in [-0.39, 0.29) is 11.8 Å². The quantitative estimate of drug-likeness (QED) is 0.684. The maximum absolute atomic E-state index is 11.5. The van der Waals surface area contributed by atoms with Crippen LogP contribution in [0.25, 0.3) is 0 Å². The Morgan fingerprint density at radius 2 is 2.33 bits per heavy atom. The summed E-state index contributed by atoms with van der Waals surface area (Å²) in [6.45, 7) is 2.36. The van der Waals surface area contributed by atoms with Gasteiger partial charge in [0.1, 0.15) is 12.1 Å². The fraction of sp³-hybridized carbons (Fsp3) is 0.800. The number of hydrogen-bond donors (Lipinski definition) is 2. The summed E-state index contributed by atoms with van der Waals surface area (Å²) >= 11 is 0. The predicted octanol–water partition coefficient (Wildman–Crippen LogP) is -0.194. The van der Waals surface area contributed by atoms with E-state index in [4.69, 9.17) is 4.74 Å². The van der Waals surface area contributed by atoms with E-state index in [1.54, 1.807) is 6.92 Å². The number of carbonyl (C=O) groups is 2. The molecule has 0 aromatic carbocycles. The van der Waals surface area contributed by atoms with Gasteiger partial charge in [-0.1, -0.05) is 0 Å². The summed E-state index contributed by atoms with van der Waals surface area (Å²) in [6, 6.07) is -0.405. The summed E-state index contributed by atoms with van der Waals surface area (Å²) in [5, 5.41) is 5.45. The van der Waals surface area contributed by atoms with Gasteiger partial charge in [0.15, 0.2) is 0 Å². The monoisotopic (exact) mass is 214 g/mol. The number of carbonyl (C=O) groups excluding carboxylic acids is 2. The lowest BCUT2D eigenvalue weighted by Crippen LogP contribution is -2.48. The van der Waals surface area contributed by atoms with Gasteiger partial charge in [0.25, 0.3) is 0 Å². The number of hydrogen-bond acceptors (Lipinski definition) is 3. The Kier molecular flexibility index (Phi) is 4.55. The normalized spacial score (nSPS) is 23.9. The molecule has 0 aliphatic carbocycles. The third-order valence-electron chi connectivity index (χ3n) is 2.57. The van der Waals surface area contributed by atoms with Crippen LogP contribution in [0.3, 0.4) is 0 Å². The summed E-state index contributed by atoms with van der Waals surface area (Å²) in [7, 11) is 1.47. The largest absolute Gasteiger partial charge is 0.372 e. The Morgan fingerprint density at radius 1 is 1.60 bits per heavy atom. The summed E-state index contributed by atoms with van der Waals surface area (Å²) < 4.78 is 4.88. The number of methoxy groups -OCH3 is 1. The lowest BCUT2D eigenvalue weighted by atomic mass is 10.1. The van der Waals surface area contributed by atoms with Crippen LogP contribution in [0.4, 0.5) is 0 Å². The van der Waals surface area contributed by atoms with Crippen molar-refractivity contribution in [1.29, 1.82) is 0 Å². The minimum absolute atomic E-state index is 0.0934. The minimum Gasteiger partial charge on any atom is -0.372 e. The van der Waals surface area contributed by atoms with Gasteiger partial charge in [-0.2, -0.15) is 0 Å². The molecule has 1 aliphatic heterocycles. The van der Waals surface area contributed by atoms with Crippen molar-refractivity contribution >= 4 is 11.8 Å². The van der Waals surface area contributed by atoms with Crippen molar-refractivity contribution in [1.82, 2.24) is 10.6 Å². The number of nitrogens with one attached hydrogen (secondary N) is 2. The summed E-state index contributed by atoms with van der Waals surface area (Å²) in [5.41, 5.74) is 0. The van der Waals surface area contributed by atoms with Gasteiger partial charge < -0.3 is 15.4 Å². The van der Waals surface area contributed by atoms with Crippen LogP contribution in [-0.2, 0) is 14.3 Å². The first kappa shape index (κ1) is 12.0. The van der Waals surface area contributed by atoms with Gasteiger partial charge in [-0.3, -0.25) is 9.59 Å². The van der Waals surface area contributed by atoms with Crippen LogP contribution in [0, 0.1) is 0 Å². The zero-order valence-corrected chi connectivity index (χ0v) is 9.21. The maximum Gasteiger partial charge on any atom is 0.249 e. The van der Waals surface area contributed by atoms with Crippen molar-refractivity contribution in [2.45, 2.75) is 38.3 Å². The Morgan fingerprint density at radius 3 is 3.00 bits per heavy atom. The first-order chi connectivity index (χ1) is 7.15. The molecule has 0 spiro atoms. The molecule has 2 amide bonds. The van der Waals surface area contributed by atoms with Crippen LogP contribution >= 0.6 is 0 Å². The molecule has 0 radical (unpaired) electrons. The molecule has 86 valence electrons. The lowest BCUT2D eigenvalue weighted by Gasteiger charge is -2.17. The Balaban J connectivity index is 2.47. The molecule has 1 fully saturated rings. The van der Waals surface area contributed by atoms with Gasteiger partial charge in [0.2, 0.25) is 11.8 Å². The molecule has 2 N–H and O–H groups in total. The van der Waals surface area contributed by atoms with Crippen molar-refractivity contribution in [2.75, 3.05) is 13.7 Å². The van der Waals surface area contributed by atoms with E-state index in [0.29, 0.717) is 13.0 Å². The second kappa shape index (κ2) is 5.70. The molecule has 5 heteroatoms. The first-order valence-electron chi connectivity index (χ1n) is 5.26. The van der Waals surface area contributed by atoms with Gasteiger partial charge in [0.05, 0.1) is 0 Å². The fourth-order valence-corrected chi connectivity index (χ4v) is 1.47. The molecule has 1 rings (SSSR count). The van der Waals surface area contributed by atoms with E-state index in [9.17, 15) is 9.59 Å². The Labute approximate surface area is 89.6 Å². The zero-order valence-electron chi connectivity index (χ0n) is 9.21. The Hall–Kier alpha value is -1.10. The molecule has 1 aliphatic rings. The van der Waals surface area contributed by atoms with Crippen LogP contribution in [0.2, 0.25) is 0 Å². The average Bonchev–Trinajstić information content (AvgIpc) is 2.43. The summed E-state index contributed by atoms with van der Waals surface area (Å²) in [5.74, 6) is -0.330. The smallest absolute Gasteiger partial charge is 0.249 e.